The topological polar surface area (TPSA) is 18.5 Å². The third-order valence-electron chi connectivity index (χ3n) is 6.63. The van der Waals surface area contributed by atoms with Crippen molar-refractivity contribution < 1.29 is 0 Å². The third-order valence-corrected chi connectivity index (χ3v) is 22.4. The number of benzene rings is 3. The van der Waals surface area contributed by atoms with Crippen LogP contribution in [0.5, 0.6) is 0 Å². The maximum atomic E-state index is 3.52. The van der Waals surface area contributed by atoms with Crippen molar-refractivity contribution in [3.8, 4) is 0 Å². The van der Waals surface area contributed by atoms with Crippen LogP contribution in [-0.2, 0) is 0 Å². The van der Waals surface area contributed by atoms with Crippen molar-refractivity contribution in [2.24, 2.45) is 0 Å². The molecule has 0 aromatic heterocycles. The molecule has 0 saturated carbocycles. The van der Waals surface area contributed by atoms with Gasteiger partial charge in [0.1, 0.15) is 0 Å². The van der Waals surface area contributed by atoms with Crippen molar-refractivity contribution in [2.45, 2.75) is 16.9 Å². The molecule has 3 aromatic carbocycles. The van der Waals surface area contributed by atoms with Crippen molar-refractivity contribution in [1.29, 1.82) is 0 Å². The first-order valence-corrected chi connectivity index (χ1v) is 16.1. The Hall–Kier alpha value is -1.66. The summed E-state index contributed by atoms with van der Waals surface area (Å²) in [6, 6.07) is 34.8. The summed E-state index contributed by atoms with van der Waals surface area (Å²) in [5.74, 6) is 0. The second kappa shape index (κ2) is 7.64. The molecule has 2 saturated heterocycles. The molecule has 2 aliphatic heterocycles. The fourth-order valence-electron chi connectivity index (χ4n) is 5.39. The van der Waals surface area contributed by atoms with Crippen LogP contribution in [0.2, 0.25) is 3.93 Å². The van der Waals surface area contributed by atoms with Crippen LogP contribution in [0, 0.1) is 0 Å². The molecule has 4 heteroatoms. The maximum absolute atomic E-state index is 3.52. The number of nitrogens with zero attached hydrogens (tertiary/aromatic N) is 2. The van der Waals surface area contributed by atoms with Gasteiger partial charge in [-0.05, 0) is 0 Å². The Morgan fingerprint density at radius 3 is 1.61 bits per heavy atom. The Balaban J connectivity index is 1.78. The molecule has 0 spiro atoms. The van der Waals surface area contributed by atoms with Gasteiger partial charge < -0.3 is 0 Å². The first-order chi connectivity index (χ1) is 13.8. The predicted octanol–water partition coefficient (Wildman–Crippen LogP) is 1.97. The van der Waals surface area contributed by atoms with Crippen molar-refractivity contribution in [2.75, 3.05) is 19.9 Å². The average Bonchev–Trinajstić information content (AvgIpc) is 3.35. The quantitative estimate of drug-likeness (QED) is 0.582. The van der Waals surface area contributed by atoms with Crippen LogP contribution in [0.25, 0.3) is 0 Å². The Morgan fingerprint density at radius 2 is 1.18 bits per heavy atom. The van der Waals surface area contributed by atoms with Gasteiger partial charge in [0.25, 0.3) is 0 Å². The fraction of sp³-hybridized carbons (Fsp3) is 0.250. The summed E-state index contributed by atoms with van der Waals surface area (Å²) in [6.45, 7) is 5.53. The SMILES string of the molecule is CC1[CH]([Sn]([c]2ccccc2)([c]2ccccc2)[c]2ccccc2)CN2CNCN12. The van der Waals surface area contributed by atoms with Crippen LogP contribution in [0.1, 0.15) is 6.92 Å². The summed E-state index contributed by atoms with van der Waals surface area (Å²) in [6.07, 6.45) is 0. The Kier molecular flexibility index (Phi) is 5.01. The van der Waals surface area contributed by atoms with Gasteiger partial charge >= 0.3 is 172 Å². The Labute approximate surface area is 171 Å². The summed E-state index contributed by atoms with van der Waals surface area (Å²) in [5, 5.41) is 8.62. The number of hydrogen-bond acceptors (Lipinski definition) is 3. The van der Waals surface area contributed by atoms with Crippen LogP contribution in [-0.4, -0.2) is 54.3 Å². The molecule has 0 amide bonds. The van der Waals surface area contributed by atoms with E-state index in [4.69, 9.17) is 0 Å². The van der Waals surface area contributed by atoms with E-state index in [1.54, 1.807) is 10.7 Å². The van der Waals surface area contributed by atoms with E-state index in [1.807, 2.05) is 0 Å². The first-order valence-electron chi connectivity index (χ1n) is 10.2. The molecule has 3 nitrogen and oxygen atoms in total. The minimum atomic E-state index is -3.28. The van der Waals surface area contributed by atoms with E-state index in [9.17, 15) is 0 Å². The van der Waals surface area contributed by atoms with Crippen molar-refractivity contribution in [1.82, 2.24) is 15.3 Å². The van der Waals surface area contributed by atoms with Crippen molar-refractivity contribution >= 4 is 29.1 Å². The monoisotopic (exact) mass is 477 g/mol. The van der Waals surface area contributed by atoms with Crippen molar-refractivity contribution in [3.63, 3.8) is 0 Å². The van der Waals surface area contributed by atoms with Crippen LogP contribution in [0.15, 0.2) is 91.0 Å². The summed E-state index contributed by atoms with van der Waals surface area (Å²) >= 11 is -3.28. The van der Waals surface area contributed by atoms with Gasteiger partial charge in [-0.25, -0.2) is 0 Å². The van der Waals surface area contributed by atoms with E-state index >= 15 is 0 Å². The van der Waals surface area contributed by atoms with Crippen LogP contribution >= 0.6 is 0 Å². The molecule has 3 aromatic rings. The number of hydrazine groups is 1. The van der Waals surface area contributed by atoms with Gasteiger partial charge in [0.15, 0.2) is 0 Å². The van der Waals surface area contributed by atoms with Gasteiger partial charge in [0.2, 0.25) is 0 Å². The van der Waals surface area contributed by atoms with Crippen LogP contribution in [0.4, 0.5) is 0 Å². The molecule has 28 heavy (non-hydrogen) atoms. The van der Waals surface area contributed by atoms with E-state index in [0.717, 1.165) is 19.9 Å². The second-order valence-electron chi connectivity index (χ2n) is 7.95. The molecule has 2 fully saturated rings. The molecule has 2 heterocycles. The van der Waals surface area contributed by atoms with E-state index in [1.165, 1.54) is 0 Å². The number of nitrogens with one attached hydrogen (secondary N) is 1. The molecule has 2 unspecified atom stereocenters. The van der Waals surface area contributed by atoms with Gasteiger partial charge in [0, 0.05) is 0 Å². The van der Waals surface area contributed by atoms with E-state index in [2.05, 4.69) is 113 Å². The second-order valence-corrected chi connectivity index (χ2v) is 19.6. The van der Waals surface area contributed by atoms with Gasteiger partial charge in [-0.3, -0.25) is 0 Å². The van der Waals surface area contributed by atoms with E-state index in [0.29, 0.717) is 9.98 Å². The fourth-order valence-corrected chi connectivity index (χ4v) is 22.0. The molecule has 2 aliphatic rings. The third kappa shape index (κ3) is 2.84. The normalized spacial score (nSPS) is 23.0. The summed E-state index contributed by atoms with van der Waals surface area (Å²) in [4.78, 5) is 0. The molecule has 0 aliphatic carbocycles. The molecular formula is C24H27N3Sn. The minimum absolute atomic E-state index is 0.534. The summed E-state index contributed by atoms with van der Waals surface area (Å²) in [5.41, 5.74) is 0. The number of fused-ring (bicyclic) bond motifs is 1. The first kappa shape index (κ1) is 18.4. The van der Waals surface area contributed by atoms with Crippen LogP contribution < -0.4 is 16.1 Å². The zero-order valence-electron chi connectivity index (χ0n) is 16.3. The van der Waals surface area contributed by atoms with E-state index in [-0.39, 0.29) is 0 Å². The van der Waals surface area contributed by atoms with Gasteiger partial charge in [-0.2, -0.15) is 0 Å². The molecule has 142 valence electrons. The van der Waals surface area contributed by atoms with Gasteiger partial charge in [0.05, 0.1) is 0 Å². The van der Waals surface area contributed by atoms with Gasteiger partial charge in [-0.1, -0.05) is 0 Å². The molecule has 2 atom stereocenters. The number of rotatable bonds is 4. The molecule has 1 N–H and O–H groups in total. The summed E-state index contributed by atoms with van der Waals surface area (Å²) in [7, 11) is 0. The molecule has 5 rings (SSSR count). The predicted molar refractivity (Wildman–Crippen MR) is 119 cm³/mol. The Bertz CT molecular complexity index is 820. The molecule has 0 bridgehead atoms. The van der Waals surface area contributed by atoms with Crippen LogP contribution in [0.3, 0.4) is 0 Å². The summed E-state index contributed by atoms with van der Waals surface area (Å²) < 4.78 is 5.41. The zero-order valence-corrected chi connectivity index (χ0v) is 19.2. The average molecular weight is 476 g/mol. The molecule has 0 radical (unpaired) electrons. The molecular weight excluding hydrogens is 449 g/mol. The number of hydrogen-bond donors (Lipinski definition) is 1. The van der Waals surface area contributed by atoms with E-state index < -0.39 is 18.4 Å². The zero-order chi connectivity index (χ0) is 19.0. The standard InChI is InChI=1S/C6H12N3.3C6H5.Sn/c1-6-2-3-8-4-7-5-9(6)8;3*1-2-4-6-5-3-1;/h2,6-7H,3-5H2,1H3;3*1-5H;. The Morgan fingerprint density at radius 1 is 0.714 bits per heavy atom. The van der Waals surface area contributed by atoms with Crippen molar-refractivity contribution in [3.05, 3.63) is 91.0 Å². The van der Waals surface area contributed by atoms with Gasteiger partial charge in [-0.15, -0.1) is 0 Å².